The van der Waals surface area contributed by atoms with Crippen molar-refractivity contribution in [1.29, 1.82) is 0 Å². The number of aromatic nitrogens is 2. The van der Waals surface area contributed by atoms with E-state index in [0.717, 1.165) is 6.42 Å². The maximum Gasteiger partial charge on any atom is 0.277 e. The van der Waals surface area contributed by atoms with Crippen molar-refractivity contribution in [3.8, 4) is 0 Å². The van der Waals surface area contributed by atoms with Gasteiger partial charge in [0, 0.05) is 17.2 Å². The van der Waals surface area contributed by atoms with Crippen molar-refractivity contribution < 1.29 is 9.59 Å². The molecule has 1 atom stereocenters. The number of carbonyl (C=O) groups excluding carboxylic acids is 2. The van der Waals surface area contributed by atoms with Gasteiger partial charge in [0.1, 0.15) is 0 Å². The number of nitrogens with one attached hydrogen (secondary N) is 3. The Balaban J connectivity index is 2.37. The second-order valence-electron chi connectivity index (χ2n) is 5.65. The van der Waals surface area contributed by atoms with Gasteiger partial charge in [-0.25, -0.2) is 4.98 Å². The molecule has 0 saturated heterocycles. The molecule has 0 radical (unpaired) electrons. The van der Waals surface area contributed by atoms with Crippen LogP contribution in [0.1, 0.15) is 44.0 Å². The van der Waals surface area contributed by atoms with Crippen LogP contribution in [0.3, 0.4) is 0 Å². The molecular weight excluding hydrogens is 352 g/mol. The average molecular weight is 374 g/mol. The summed E-state index contributed by atoms with van der Waals surface area (Å²) in [5.41, 5.74) is -0.187. The first-order chi connectivity index (χ1) is 12.4. The predicted octanol–water partition coefficient (Wildman–Crippen LogP) is 3.26. The molecular formula is C18H22N4O3S. The van der Waals surface area contributed by atoms with Crippen LogP contribution in [0.15, 0.2) is 40.3 Å². The van der Waals surface area contributed by atoms with Crippen molar-refractivity contribution in [2.45, 2.75) is 44.0 Å². The van der Waals surface area contributed by atoms with E-state index >= 15 is 0 Å². The maximum atomic E-state index is 12.5. The zero-order valence-corrected chi connectivity index (χ0v) is 15.8. The molecule has 3 N–H and O–H groups in total. The van der Waals surface area contributed by atoms with E-state index in [1.165, 1.54) is 11.8 Å². The number of aromatic amines is 1. The Morgan fingerprint density at radius 2 is 1.88 bits per heavy atom. The number of benzene rings is 1. The maximum absolute atomic E-state index is 12.5. The van der Waals surface area contributed by atoms with Crippen LogP contribution in [0.4, 0.5) is 11.5 Å². The van der Waals surface area contributed by atoms with Crippen molar-refractivity contribution in [1.82, 2.24) is 9.97 Å². The normalized spacial score (nSPS) is 11.7. The van der Waals surface area contributed by atoms with Crippen LogP contribution < -0.4 is 16.2 Å². The smallest absolute Gasteiger partial charge is 0.277 e. The highest BCUT2D eigenvalue weighted by Gasteiger charge is 2.18. The summed E-state index contributed by atoms with van der Waals surface area (Å²) in [7, 11) is 0. The molecule has 0 saturated carbocycles. The van der Waals surface area contributed by atoms with Crippen molar-refractivity contribution >= 4 is 35.1 Å². The highest BCUT2D eigenvalue weighted by molar-refractivity contribution is 7.99. The van der Waals surface area contributed by atoms with Gasteiger partial charge in [-0.15, -0.1) is 0 Å². The van der Waals surface area contributed by atoms with Gasteiger partial charge in [0.05, 0.1) is 0 Å². The van der Waals surface area contributed by atoms with Gasteiger partial charge in [0.2, 0.25) is 5.91 Å². The van der Waals surface area contributed by atoms with Gasteiger partial charge in [-0.2, -0.15) is 0 Å². The molecule has 0 unspecified atom stereocenters. The lowest BCUT2D eigenvalue weighted by Crippen LogP contribution is -2.25. The lowest BCUT2D eigenvalue weighted by molar-refractivity contribution is -0.115. The van der Waals surface area contributed by atoms with Crippen LogP contribution in [-0.2, 0) is 4.79 Å². The molecule has 0 fully saturated rings. The Labute approximate surface area is 156 Å². The van der Waals surface area contributed by atoms with Gasteiger partial charge in [-0.05, 0) is 18.6 Å². The molecule has 2 aromatic rings. The van der Waals surface area contributed by atoms with Gasteiger partial charge >= 0.3 is 0 Å². The first kappa shape index (κ1) is 19.7. The van der Waals surface area contributed by atoms with E-state index in [9.17, 15) is 14.4 Å². The molecule has 2 amide bonds. The fraction of sp³-hybridized carbons (Fsp3) is 0.333. The zero-order chi connectivity index (χ0) is 19.1. The second-order valence-corrected chi connectivity index (χ2v) is 7.08. The third-order valence-corrected chi connectivity index (χ3v) is 4.79. The standard InChI is InChI=1S/C18H22N4O3S/c1-4-11(3)26-18-21-15(19-13(23)5-2)14(17(25)22-18)20-16(24)12-9-7-6-8-10-12/h6-11H,4-5H2,1-3H3,(H,20,24)(H2,19,21,22,23,25)/t11-/m1/s1. The molecule has 0 aliphatic heterocycles. The van der Waals surface area contributed by atoms with Crippen molar-refractivity contribution in [2.24, 2.45) is 0 Å². The predicted molar refractivity (Wildman–Crippen MR) is 104 cm³/mol. The van der Waals surface area contributed by atoms with Crippen LogP contribution in [0, 0.1) is 0 Å². The van der Waals surface area contributed by atoms with Crippen LogP contribution in [0.5, 0.6) is 0 Å². The quantitative estimate of drug-likeness (QED) is 0.510. The van der Waals surface area contributed by atoms with E-state index in [0.29, 0.717) is 10.7 Å². The van der Waals surface area contributed by atoms with Gasteiger partial charge in [0.25, 0.3) is 11.5 Å². The first-order valence-corrected chi connectivity index (χ1v) is 9.29. The summed E-state index contributed by atoms with van der Waals surface area (Å²) < 4.78 is 0. The largest absolute Gasteiger partial charge is 0.314 e. The molecule has 0 spiro atoms. The second kappa shape index (κ2) is 9.19. The third-order valence-electron chi connectivity index (χ3n) is 3.64. The van der Waals surface area contributed by atoms with E-state index in [-0.39, 0.29) is 29.1 Å². The van der Waals surface area contributed by atoms with Gasteiger partial charge in [0.15, 0.2) is 16.7 Å². The Hall–Kier alpha value is -2.61. The molecule has 138 valence electrons. The van der Waals surface area contributed by atoms with Crippen LogP contribution in [0.2, 0.25) is 0 Å². The minimum atomic E-state index is -0.513. The lowest BCUT2D eigenvalue weighted by atomic mass is 10.2. The molecule has 0 bridgehead atoms. The molecule has 8 heteroatoms. The summed E-state index contributed by atoms with van der Waals surface area (Å²) in [4.78, 5) is 43.6. The van der Waals surface area contributed by atoms with Crippen LogP contribution in [-0.4, -0.2) is 27.0 Å². The third kappa shape index (κ3) is 5.19. The fourth-order valence-corrected chi connectivity index (χ4v) is 2.83. The molecule has 1 heterocycles. The lowest BCUT2D eigenvalue weighted by Gasteiger charge is -2.13. The van der Waals surface area contributed by atoms with E-state index < -0.39 is 11.5 Å². The minimum absolute atomic E-state index is 0.0516. The van der Waals surface area contributed by atoms with Crippen LogP contribution in [0.25, 0.3) is 0 Å². The molecule has 2 rings (SSSR count). The summed E-state index contributed by atoms with van der Waals surface area (Å²) in [5.74, 6) is -0.694. The molecule has 1 aromatic heterocycles. The number of rotatable bonds is 7. The van der Waals surface area contributed by atoms with Crippen molar-refractivity contribution in [3.63, 3.8) is 0 Å². The summed E-state index contributed by atoms with van der Waals surface area (Å²) >= 11 is 1.40. The van der Waals surface area contributed by atoms with E-state index in [4.69, 9.17) is 0 Å². The van der Waals surface area contributed by atoms with E-state index in [1.807, 2.05) is 13.8 Å². The number of carbonyl (C=O) groups is 2. The number of nitrogens with zero attached hydrogens (tertiary/aromatic N) is 1. The fourth-order valence-electron chi connectivity index (χ4n) is 1.98. The monoisotopic (exact) mass is 374 g/mol. The highest BCUT2D eigenvalue weighted by atomic mass is 32.2. The topological polar surface area (TPSA) is 104 Å². The number of anilines is 2. The van der Waals surface area contributed by atoms with Crippen molar-refractivity contribution in [2.75, 3.05) is 10.6 Å². The average Bonchev–Trinajstić information content (AvgIpc) is 2.64. The Morgan fingerprint density at radius 3 is 2.50 bits per heavy atom. The summed E-state index contributed by atoms with van der Waals surface area (Å²) in [6.45, 7) is 5.74. The number of H-pyrrole nitrogens is 1. The minimum Gasteiger partial charge on any atom is -0.314 e. The molecule has 1 aromatic carbocycles. The SMILES string of the molecule is CCC(=O)Nc1nc(S[C@H](C)CC)[nH]c(=O)c1NC(=O)c1ccccc1. The van der Waals surface area contributed by atoms with Crippen LogP contribution >= 0.6 is 11.8 Å². The Morgan fingerprint density at radius 1 is 1.19 bits per heavy atom. The summed E-state index contributed by atoms with van der Waals surface area (Å²) in [6, 6.07) is 8.51. The number of amides is 2. The summed E-state index contributed by atoms with van der Waals surface area (Å²) in [6.07, 6.45) is 1.13. The van der Waals surface area contributed by atoms with Crippen molar-refractivity contribution in [3.05, 3.63) is 46.2 Å². The van der Waals surface area contributed by atoms with Gasteiger partial charge in [-0.1, -0.05) is 50.7 Å². The number of hydrogen-bond donors (Lipinski definition) is 3. The number of hydrogen-bond acceptors (Lipinski definition) is 5. The first-order valence-electron chi connectivity index (χ1n) is 8.41. The van der Waals surface area contributed by atoms with Gasteiger partial charge < -0.3 is 10.6 Å². The zero-order valence-electron chi connectivity index (χ0n) is 15.0. The Bertz CT molecular complexity index is 836. The Kier molecular flexibility index (Phi) is 6.97. The molecule has 26 heavy (non-hydrogen) atoms. The molecule has 0 aliphatic carbocycles. The highest BCUT2D eigenvalue weighted by Crippen LogP contribution is 2.24. The van der Waals surface area contributed by atoms with Gasteiger partial charge in [-0.3, -0.25) is 19.4 Å². The summed E-state index contributed by atoms with van der Waals surface area (Å²) in [5, 5.41) is 5.79. The van der Waals surface area contributed by atoms with E-state index in [2.05, 4.69) is 20.6 Å². The number of thioether (sulfide) groups is 1. The van der Waals surface area contributed by atoms with E-state index in [1.54, 1.807) is 37.3 Å². The molecule has 0 aliphatic rings. The molecule has 7 nitrogen and oxygen atoms in total.